The van der Waals surface area contributed by atoms with Gasteiger partial charge in [-0.05, 0) is 35.3 Å². The zero-order valence-electron chi connectivity index (χ0n) is 12.5. The maximum Gasteiger partial charge on any atom is 0.231 e. The summed E-state index contributed by atoms with van der Waals surface area (Å²) in [5.74, 6) is 2.06. The molecule has 5 atom stereocenters. The van der Waals surface area contributed by atoms with Gasteiger partial charge in [0.25, 0.3) is 0 Å². The maximum atomic E-state index is 10.3. The molecule has 0 saturated carbocycles. The van der Waals surface area contributed by atoms with Gasteiger partial charge >= 0.3 is 0 Å². The third kappa shape index (κ3) is 1.64. The summed E-state index contributed by atoms with van der Waals surface area (Å²) in [6, 6.07) is 4.64. The summed E-state index contributed by atoms with van der Waals surface area (Å²) in [6.45, 7) is 2.26. The van der Waals surface area contributed by atoms with Gasteiger partial charge in [-0.25, -0.2) is 0 Å². The highest BCUT2D eigenvalue weighted by molar-refractivity contribution is 5.54. The number of methoxy groups -OCH3 is 1. The number of ether oxygens (including phenoxy) is 3. The molecular weight excluding hydrogens is 282 g/mol. The van der Waals surface area contributed by atoms with Crippen LogP contribution in [0, 0.1) is 0 Å². The number of fused-ring (bicyclic) bond motifs is 8. The molecule has 0 radical (unpaired) electrons. The molecule has 1 aromatic rings. The number of benzene rings is 1. The lowest BCUT2D eigenvalue weighted by Gasteiger charge is -2.33. The smallest absolute Gasteiger partial charge is 0.231 e. The summed E-state index contributed by atoms with van der Waals surface area (Å²) in [5.41, 5.74) is 4.00. The molecule has 3 aliphatic heterocycles. The fourth-order valence-electron chi connectivity index (χ4n) is 4.45. The van der Waals surface area contributed by atoms with Crippen LogP contribution in [0.5, 0.6) is 11.5 Å². The van der Waals surface area contributed by atoms with Crippen molar-refractivity contribution in [3.05, 3.63) is 34.9 Å². The van der Waals surface area contributed by atoms with Crippen LogP contribution in [0.25, 0.3) is 0 Å². The van der Waals surface area contributed by atoms with Gasteiger partial charge in [-0.1, -0.05) is 6.08 Å². The number of aliphatic hydroxyl groups is 1. The topological polar surface area (TPSA) is 51.2 Å². The molecule has 1 unspecified atom stereocenters. The van der Waals surface area contributed by atoms with Gasteiger partial charge in [0.1, 0.15) is 0 Å². The fourth-order valence-corrected chi connectivity index (χ4v) is 4.45. The summed E-state index contributed by atoms with van der Waals surface area (Å²) in [6.07, 6.45) is 2.27. The van der Waals surface area contributed by atoms with Crippen LogP contribution >= 0.6 is 0 Å². The number of hydrogen-bond donors (Lipinski definition) is 1. The van der Waals surface area contributed by atoms with Gasteiger partial charge < -0.3 is 19.3 Å². The van der Waals surface area contributed by atoms with E-state index < -0.39 is 6.10 Å². The standard InChI is InChI=1S/C17H19NO4/c1-20-15-5-13-11(3-14(15)19)12-7-18(13)6-9-2-16-17(4-10(9)12)22-8-21-16/h2-4,12-15,19H,5-8H2,1H3/t12-,13+,14-,15+/m0/s1. The molecule has 0 amide bonds. The van der Waals surface area contributed by atoms with E-state index in [1.807, 2.05) is 6.08 Å². The third-order valence-corrected chi connectivity index (χ3v) is 5.53. The molecule has 1 aliphatic carbocycles. The number of hydrogen-bond acceptors (Lipinski definition) is 5. The summed E-state index contributed by atoms with van der Waals surface area (Å²) >= 11 is 0. The van der Waals surface area contributed by atoms with E-state index in [9.17, 15) is 5.11 Å². The summed E-state index contributed by atoms with van der Waals surface area (Å²) in [5, 5.41) is 10.3. The van der Waals surface area contributed by atoms with Gasteiger partial charge in [-0.2, -0.15) is 0 Å². The van der Waals surface area contributed by atoms with Gasteiger partial charge in [0.05, 0.1) is 12.2 Å². The minimum absolute atomic E-state index is 0.104. The second-order valence-corrected chi connectivity index (χ2v) is 6.57. The lowest BCUT2D eigenvalue weighted by molar-refractivity contribution is -0.0108. The molecule has 116 valence electrons. The SMILES string of the molecule is CO[C@@H]1C[C@@H]2C(=C[C@@H]1O)[C@H]1CN2Cc2cc3c(cc21)OCO3. The molecule has 2 bridgehead atoms. The summed E-state index contributed by atoms with van der Waals surface area (Å²) < 4.78 is 16.5. The zero-order valence-corrected chi connectivity index (χ0v) is 12.5. The second-order valence-electron chi connectivity index (χ2n) is 6.57. The number of aliphatic hydroxyl groups excluding tert-OH is 1. The molecular formula is C17H19NO4. The number of nitrogens with zero attached hydrogens (tertiary/aromatic N) is 1. The van der Waals surface area contributed by atoms with Crippen LogP contribution in [-0.2, 0) is 11.3 Å². The van der Waals surface area contributed by atoms with Gasteiger partial charge in [-0.15, -0.1) is 0 Å². The minimum Gasteiger partial charge on any atom is -0.454 e. The van der Waals surface area contributed by atoms with Crippen molar-refractivity contribution in [3.8, 4) is 11.5 Å². The highest BCUT2D eigenvalue weighted by atomic mass is 16.7. The van der Waals surface area contributed by atoms with Crippen molar-refractivity contribution >= 4 is 0 Å². The van der Waals surface area contributed by atoms with Crippen LogP contribution in [-0.4, -0.2) is 48.7 Å². The molecule has 1 aromatic carbocycles. The first-order valence-corrected chi connectivity index (χ1v) is 7.83. The van der Waals surface area contributed by atoms with Crippen molar-refractivity contribution in [3.63, 3.8) is 0 Å². The van der Waals surface area contributed by atoms with Crippen LogP contribution in [0.1, 0.15) is 23.5 Å². The molecule has 1 saturated heterocycles. The molecule has 22 heavy (non-hydrogen) atoms. The molecule has 5 heteroatoms. The molecule has 1 N–H and O–H groups in total. The fraction of sp³-hybridized carbons (Fsp3) is 0.529. The lowest BCUT2D eigenvalue weighted by atomic mass is 9.82. The van der Waals surface area contributed by atoms with Gasteiger partial charge in [-0.3, -0.25) is 4.90 Å². The minimum atomic E-state index is -0.505. The Balaban J connectivity index is 1.59. The Hall–Kier alpha value is -1.56. The average Bonchev–Trinajstić information content (AvgIpc) is 3.08. The first-order chi connectivity index (χ1) is 10.7. The molecule has 1 fully saturated rings. The Morgan fingerprint density at radius 1 is 1.27 bits per heavy atom. The van der Waals surface area contributed by atoms with Crippen LogP contribution in [0.3, 0.4) is 0 Å². The van der Waals surface area contributed by atoms with E-state index >= 15 is 0 Å². The molecule has 4 aliphatic rings. The second kappa shape index (κ2) is 4.47. The molecule has 0 aromatic heterocycles. The van der Waals surface area contributed by atoms with E-state index in [0.717, 1.165) is 31.0 Å². The highest BCUT2D eigenvalue weighted by Gasteiger charge is 2.46. The van der Waals surface area contributed by atoms with Gasteiger partial charge in [0.2, 0.25) is 6.79 Å². The van der Waals surface area contributed by atoms with Crippen LogP contribution in [0.4, 0.5) is 0 Å². The third-order valence-electron chi connectivity index (χ3n) is 5.53. The zero-order chi connectivity index (χ0) is 14.8. The van der Waals surface area contributed by atoms with E-state index in [1.54, 1.807) is 7.11 Å². The van der Waals surface area contributed by atoms with E-state index in [-0.39, 0.29) is 6.10 Å². The van der Waals surface area contributed by atoms with E-state index in [2.05, 4.69) is 17.0 Å². The quantitative estimate of drug-likeness (QED) is 0.795. The molecule has 0 spiro atoms. The largest absolute Gasteiger partial charge is 0.454 e. The first-order valence-electron chi connectivity index (χ1n) is 7.83. The van der Waals surface area contributed by atoms with Crippen molar-refractivity contribution in [2.75, 3.05) is 20.4 Å². The molecule has 5 rings (SSSR count). The van der Waals surface area contributed by atoms with Crippen molar-refractivity contribution in [1.29, 1.82) is 0 Å². The molecule has 5 nitrogen and oxygen atoms in total. The monoisotopic (exact) mass is 301 g/mol. The van der Waals surface area contributed by atoms with Crippen LogP contribution < -0.4 is 9.47 Å². The Morgan fingerprint density at radius 2 is 2.09 bits per heavy atom. The Bertz CT molecular complexity index is 671. The van der Waals surface area contributed by atoms with Crippen molar-refractivity contribution in [2.24, 2.45) is 0 Å². The van der Waals surface area contributed by atoms with Crippen molar-refractivity contribution in [2.45, 2.75) is 37.1 Å². The Morgan fingerprint density at radius 3 is 2.91 bits per heavy atom. The first kappa shape index (κ1) is 12.9. The van der Waals surface area contributed by atoms with E-state index in [4.69, 9.17) is 14.2 Å². The Kier molecular flexibility index (Phi) is 2.63. The molecule has 3 heterocycles. The summed E-state index contributed by atoms with van der Waals surface area (Å²) in [7, 11) is 1.68. The van der Waals surface area contributed by atoms with Crippen LogP contribution in [0.15, 0.2) is 23.8 Å². The summed E-state index contributed by atoms with van der Waals surface area (Å²) in [4.78, 5) is 2.50. The normalized spacial score (nSPS) is 37.5. The predicted octanol–water partition coefficient (Wildman–Crippen LogP) is 1.40. The van der Waals surface area contributed by atoms with Gasteiger partial charge in [0.15, 0.2) is 11.5 Å². The Labute approximate surface area is 129 Å². The average molecular weight is 301 g/mol. The lowest BCUT2D eigenvalue weighted by Crippen LogP contribution is -2.40. The maximum absolute atomic E-state index is 10.3. The highest BCUT2D eigenvalue weighted by Crippen LogP contribution is 2.49. The van der Waals surface area contributed by atoms with Crippen molar-refractivity contribution in [1.82, 2.24) is 4.90 Å². The number of rotatable bonds is 1. The van der Waals surface area contributed by atoms with Crippen molar-refractivity contribution < 1.29 is 19.3 Å². The van der Waals surface area contributed by atoms with E-state index in [1.165, 1.54) is 16.7 Å². The predicted molar refractivity (Wildman–Crippen MR) is 79.0 cm³/mol. The van der Waals surface area contributed by atoms with Crippen LogP contribution in [0.2, 0.25) is 0 Å². The van der Waals surface area contributed by atoms with Gasteiger partial charge in [0, 0.05) is 32.2 Å². The van der Waals surface area contributed by atoms with E-state index in [0.29, 0.717) is 18.8 Å².